The van der Waals surface area contributed by atoms with E-state index in [1.807, 2.05) is 0 Å². The van der Waals surface area contributed by atoms with Crippen molar-refractivity contribution in [1.82, 2.24) is 0 Å². The molecule has 0 radical (unpaired) electrons. The summed E-state index contributed by atoms with van der Waals surface area (Å²) in [5.74, 6) is -0.624. The van der Waals surface area contributed by atoms with E-state index in [9.17, 15) is 17.2 Å². The molecule has 0 fully saturated rings. The first-order chi connectivity index (χ1) is 13.3. The molecule has 0 aromatic heterocycles. The molecular weight excluding hydrogens is 388 g/mol. The Morgan fingerprint density at radius 3 is 2.07 bits per heavy atom. The maximum Gasteiger partial charge on any atom is 0.238 e. The average molecular weight is 403 g/mol. The molecule has 4 rings (SSSR count). The first kappa shape index (κ1) is 18.4. The summed E-state index contributed by atoms with van der Waals surface area (Å²) in [5, 5.41) is 5.36. The monoisotopic (exact) mass is 403 g/mol. The highest BCUT2D eigenvalue weighted by molar-refractivity contribution is 7.89. The minimum Gasteiger partial charge on any atom is -0.454 e. The summed E-state index contributed by atoms with van der Waals surface area (Å²) in [5.41, 5.74) is 1.21. The number of fused-ring (bicyclic) bond motifs is 1. The van der Waals surface area contributed by atoms with Gasteiger partial charge in [0.2, 0.25) is 16.8 Å². The van der Waals surface area contributed by atoms with Crippen LogP contribution in [0, 0.1) is 18.6 Å². The fourth-order valence-corrected chi connectivity index (χ4v) is 3.89. The van der Waals surface area contributed by atoms with E-state index in [-0.39, 0.29) is 22.8 Å². The standard InChI is InChI=1S/C20H15F2NO4S/c1-11-16(21)6-12(7-17(11)22)14-8-18-19(27-10-26-18)9-15(14)13-4-2-3-5-20(13)28(23,24)25/h2-9H,10H2,1H3,(H2,23,24,25). The van der Waals surface area contributed by atoms with Crippen LogP contribution in [0.2, 0.25) is 0 Å². The summed E-state index contributed by atoms with van der Waals surface area (Å²) in [7, 11) is -4.04. The van der Waals surface area contributed by atoms with Crippen LogP contribution in [0.3, 0.4) is 0 Å². The summed E-state index contributed by atoms with van der Waals surface area (Å²) >= 11 is 0. The van der Waals surface area contributed by atoms with Crippen molar-refractivity contribution in [1.29, 1.82) is 0 Å². The van der Waals surface area contributed by atoms with Gasteiger partial charge in [-0.2, -0.15) is 0 Å². The van der Waals surface area contributed by atoms with E-state index in [1.54, 1.807) is 30.3 Å². The highest BCUT2D eigenvalue weighted by atomic mass is 32.2. The van der Waals surface area contributed by atoms with Crippen LogP contribution < -0.4 is 14.6 Å². The van der Waals surface area contributed by atoms with Crippen molar-refractivity contribution in [2.24, 2.45) is 5.14 Å². The van der Waals surface area contributed by atoms with E-state index in [1.165, 1.54) is 25.1 Å². The van der Waals surface area contributed by atoms with Gasteiger partial charge in [-0.15, -0.1) is 0 Å². The Bertz CT molecular complexity index is 1190. The lowest BCUT2D eigenvalue weighted by Gasteiger charge is -2.15. The number of hydrogen-bond acceptors (Lipinski definition) is 4. The molecule has 5 nitrogen and oxygen atoms in total. The van der Waals surface area contributed by atoms with Crippen molar-refractivity contribution < 1.29 is 26.7 Å². The fraction of sp³-hybridized carbons (Fsp3) is 0.100. The maximum absolute atomic E-state index is 14.2. The summed E-state index contributed by atoms with van der Waals surface area (Å²) < 4.78 is 63.3. The Morgan fingerprint density at radius 2 is 1.46 bits per heavy atom. The van der Waals surface area contributed by atoms with E-state index >= 15 is 0 Å². The topological polar surface area (TPSA) is 78.6 Å². The molecule has 0 saturated heterocycles. The zero-order valence-corrected chi connectivity index (χ0v) is 15.5. The van der Waals surface area contributed by atoms with Crippen molar-refractivity contribution in [2.45, 2.75) is 11.8 Å². The summed E-state index contributed by atoms with van der Waals surface area (Å²) in [6.45, 7) is 1.33. The predicted molar refractivity (Wildman–Crippen MR) is 99.5 cm³/mol. The van der Waals surface area contributed by atoms with E-state index in [2.05, 4.69) is 0 Å². The van der Waals surface area contributed by atoms with E-state index in [4.69, 9.17) is 14.6 Å². The summed E-state index contributed by atoms with van der Waals surface area (Å²) in [6.07, 6.45) is 0. The molecule has 28 heavy (non-hydrogen) atoms. The maximum atomic E-state index is 14.2. The van der Waals surface area contributed by atoms with Crippen LogP contribution >= 0.6 is 0 Å². The Labute approximate surface area is 160 Å². The predicted octanol–water partition coefficient (Wildman–Crippen LogP) is 3.98. The van der Waals surface area contributed by atoms with Crippen molar-refractivity contribution in [2.75, 3.05) is 6.79 Å². The zero-order valence-electron chi connectivity index (χ0n) is 14.7. The van der Waals surface area contributed by atoms with Gasteiger partial charge in [-0.05, 0) is 53.9 Å². The first-order valence-electron chi connectivity index (χ1n) is 8.27. The number of hydrogen-bond donors (Lipinski definition) is 1. The lowest BCUT2D eigenvalue weighted by atomic mass is 9.93. The molecule has 0 amide bonds. The van der Waals surface area contributed by atoms with Gasteiger partial charge in [-0.1, -0.05) is 18.2 Å². The second-order valence-electron chi connectivity index (χ2n) is 6.36. The smallest absolute Gasteiger partial charge is 0.238 e. The largest absolute Gasteiger partial charge is 0.454 e. The number of halogens is 2. The minimum absolute atomic E-state index is 0.00825. The second kappa shape index (κ2) is 6.57. The van der Waals surface area contributed by atoms with Crippen molar-refractivity contribution in [3.05, 3.63) is 65.7 Å². The van der Waals surface area contributed by atoms with Gasteiger partial charge in [-0.3, -0.25) is 0 Å². The highest BCUT2D eigenvalue weighted by Crippen LogP contribution is 2.44. The van der Waals surface area contributed by atoms with Crippen LogP contribution in [0.4, 0.5) is 8.78 Å². The Morgan fingerprint density at radius 1 is 0.893 bits per heavy atom. The number of primary sulfonamides is 1. The molecule has 0 aliphatic carbocycles. The van der Waals surface area contributed by atoms with Gasteiger partial charge in [0.25, 0.3) is 0 Å². The van der Waals surface area contributed by atoms with Crippen LogP contribution in [0.15, 0.2) is 53.4 Å². The van der Waals surface area contributed by atoms with Crippen LogP contribution in [0.1, 0.15) is 5.56 Å². The van der Waals surface area contributed by atoms with E-state index in [0.29, 0.717) is 28.2 Å². The molecule has 0 unspecified atom stereocenters. The number of nitrogens with two attached hydrogens (primary N) is 1. The van der Waals surface area contributed by atoms with Crippen LogP contribution in [0.5, 0.6) is 11.5 Å². The minimum atomic E-state index is -4.04. The summed E-state index contributed by atoms with van der Waals surface area (Å²) in [4.78, 5) is -0.108. The number of ether oxygens (including phenoxy) is 2. The summed E-state index contributed by atoms with van der Waals surface area (Å²) in [6, 6.07) is 11.7. The quantitative estimate of drug-likeness (QED) is 0.717. The molecule has 1 aliphatic rings. The SMILES string of the molecule is Cc1c(F)cc(-c2cc3c(cc2-c2ccccc2S(N)(=O)=O)OCO3)cc1F. The molecule has 2 N–H and O–H groups in total. The van der Waals surface area contributed by atoms with E-state index in [0.717, 1.165) is 0 Å². The highest BCUT2D eigenvalue weighted by Gasteiger charge is 2.23. The third-order valence-corrected chi connectivity index (χ3v) is 5.56. The number of rotatable bonds is 3. The van der Waals surface area contributed by atoms with Crippen molar-refractivity contribution in [3.63, 3.8) is 0 Å². The molecule has 144 valence electrons. The normalized spacial score (nSPS) is 13.0. The lowest BCUT2D eigenvalue weighted by Crippen LogP contribution is -2.13. The van der Waals surface area contributed by atoms with Gasteiger partial charge < -0.3 is 9.47 Å². The fourth-order valence-electron chi connectivity index (χ4n) is 3.14. The van der Waals surface area contributed by atoms with Crippen molar-refractivity contribution in [3.8, 4) is 33.8 Å². The molecule has 0 saturated carbocycles. The van der Waals surface area contributed by atoms with Gasteiger partial charge in [-0.25, -0.2) is 22.3 Å². The first-order valence-corrected chi connectivity index (χ1v) is 9.82. The molecule has 0 spiro atoms. The van der Waals surface area contributed by atoms with Crippen molar-refractivity contribution >= 4 is 10.0 Å². The molecule has 1 heterocycles. The molecule has 3 aromatic rings. The van der Waals surface area contributed by atoms with E-state index < -0.39 is 21.7 Å². The zero-order chi connectivity index (χ0) is 20.1. The number of sulfonamides is 1. The van der Waals surface area contributed by atoms with Crippen LogP contribution in [-0.4, -0.2) is 15.2 Å². The molecule has 8 heteroatoms. The van der Waals surface area contributed by atoms with Crippen LogP contribution in [0.25, 0.3) is 22.3 Å². The molecule has 3 aromatic carbocycles. The van der Waals surface area contributed by atoms with Gasteiger partial charge in [0.15, 0.2) is 11.5 Å². The molecular formula is C20H15F2NO4S. The van der Waals surface area contributed by atoms with Gasteiger partial charge in [0.1, 0.15) is 11.6 Å². The third kappa shape index (κ3) is 3.10. The third-order valence-electron chi connectivity index (χ3n) is 4.59. The second-order valence-corrected chi connectivity index (χ2v) is 7.89. The average Bonchev–Trinajstić information content (AvgIpc) is 3.11. The Balaban J connectivity index is 2.05. The molecule has 1 aliphatic heterocycles. The number of benzene rings is 3. The van der Waals surface area contributed by atoms with Gasteiger partial charge in [0.05, 0.1) is 4.90 Å². The van der Waals surface area contributed by atoms with Crippen LogP contribution in [-0.2, 0) is 10.0 Å². The molecule has 0 atom stereocenters. The Kier molecular flexibility index (Phi) is 4.32. The molecule has 0 bridgehead atoms. The van der Waals surface area contributed by atoms with Gasteiger partial charge >= 0.3 is 0 Å². The van der Waals surface area contributed by atoms with Gasteiger partial charge in [0, 0.05) is 11.1 Å². The Hall–Kier alpha value is -2.97. The lowest BCUT2D eigenvalue weighted by molar-refractivity contribution is 0.174.